The number of likely N-dealkylation sites (tertiary alicyclic amines) is 1. The molecule has 1 amide bonds. The van der Waals surface area contributed by atoms with Gasteiger partial charge in [0.05, 0.1) is 4.90 Å². The molecule has 2 aromatic carbocycles. The van der Waals surface area contributed by atoms with Crippen LogP contribution in [0.2, 0.25) is 0 Å². The maximum atomic E-state index is 13.3. The van der Waals surface area contributed by atoms with Gasteiger partial charge in [-0.3, -0.25) is 4.79 Å². The van der Waals surface area contributed by atoms with E-state index in [2.05, 4.69) is 4.72 Å². The Balaban J connectivity index is 1.62. The Kier molecular flexibility index (Phi) is 5.62. The number of carbonyl (C=O) groups is 1. The fourth-order valence-electron chi connectivity index (χ4n) is 3.17. The van der Waals surface area contributed by atoms with Gasteiger partial charge in [-0.2, -0.15) is 0 Å². The quantitative estimate of drug-likeness (QED) is 0.873. The molecular formula is C20H23FN2O3S. The summed E-state index contributed by atoms with van der Waals surface area (Å²) in [5.41, 5.74) is 2.27. The molecule has 1 saturated heterocycles. The van der Waals surface area contributed by atoms with E-state index in [1.807, 2.05) is 13.8 Å². The first-order valence-electron chi connectivity index (χ1n) is 8.91. The molecule has 0 radical (unpaired) electrons. The van der Waals surface area contributed by atoms with Crippen LogP contribution in [0.1, 0.15) is 34.3 Å². The van der Waals surface area contributed by atoms with Crippen molar-refractivity contribution in [1.82, 2.24) is 9.62 Å². The topological polar surface area (TPSA) is 66.5 Å². The van der Waals surface area contributed by atoms with E-state index in [0.29, 0.717) is 31.5 Å². The lowest BCUT2D eigenvalue weighted by Crippen LogP contribution is -2.46. The molecule has 1 aliphatic heterocycles. The lowest BCUT2D eigenvalue weighted by molar-refractivity contribution is 0.0711. The van der Waals surface area contributed by atoms with E-state index in [1.54, 1.807) is 29.2 Å². The molecule has 7 heteroatoms. The van der Waals surface area contributed by atoms with Gasteiger partial charge in [0.25, 0.3) is 5.91 Å². The highest BCUT2D eigenvalue weighted by atomic mass is 32.2. The summed E-state index contributed by atoms with van der Waals surface area (Å²) in [6.45, 7) is 4.67. The van der Waals surface area contributed by atoms with Crippen molar-refractivity contribution in [2.24, 2.45) is 0 Å². The average Bonchev–Trinajstić information content (AvgIpc) is 2.63. The number of halogens is 1. The van der Waals surface area contributed by atoms with Gasteiger partial charge in [-0.15, -0.1) is 0 Å². The average molecular weight is 390 g/mol. The summed E-state index contributed by atoms with van der Waals surface area (Å²) in [5, 5.41) is 0. The number of benzene rings is 2. The molecule has 0 aliphatic carbocycles. The van der Waals surface area contributed by atoms with Gasteiger partial charge in [0.2, 0.25) is 10.0 Å². The Labute approximate surface area is 159 Å². The van der Waals surface area contributed by atoms with Crippen LogP contribution in [0.3, 0.4) is 0 Å². The van der Waals surface area contributed by atoms with E-state index >= 15 is 0 Å². The maximum Gasteiger partial charge on any atom is 0.253 e. The first-order chi connectivity index (χ1) is 12.8. The number of carbonyl (C=O) groups excluding carboxylic acids is 1. The zero-order valence-corrected chi connectivity index (χ0v) is 16.2. The van der Waals surface area contributed by atoms with E-state index in [-0.39, 0.29) is 16.8 Å². The van der Waals surface area contributed by atoms with Crippen LogP contribution in [0, 0.1) is 19.7 Å². The Morgan fingerprint density at radius 2 is 1.78 bits per heavy atom. The molecule has 0 atom stereocenters. The molecule has 0 aromatic heterocycles. The highest BCUT2D eigenvalue weighted by Gasteiger charge is 2.27. The molecule has 1 fully saturated rings. The number of hydrogen-bond donors (Lipinski definition) is 1. The first kappa shape index (κ1) is 19.5. The molecule has 3 rings (SSSR count). The van der Waals surface area contributed by atoms with Crippen molar-refractivity contribution < 1.29 is 17.6 Å². The van der Waals surface area contributed by atoms with Crippen LogP contribution in [-0.2, 0) is 10.0 Å². The van der Waals surface area contributed by atoms with E-state index in [0.717, 1.165) is 11.1 Å². The lowest BCUT2D eigenvalue weighted by Gasteiger charge is -2.32. The molecule has 2 aromatic rings. The summed E-state index contributed by atoms with van der Waals surface area (Å²) < 4.78 is 41.3. The Hall–Kier alpha value is -2.25. The minimum atomic E-state index is -3.60. The monoisotopic (exact) mass is 390 g/mol. The van der Waals surface area contributed by atoms with Crippen molar-refractivity contribution in [1.29, 1.82) is 0 Å². The van der Waals surface area contributed by atoms with E-state index in [4.69, 9.17) is 0 Å². The fourth-order valence-corrected chi connectivity index (χ4v) is 4.56. The lowest BCUT2D eigenvalue weighted by atomic mass is 10.0. The normalized spacial score (nSPS) is 15.7. The SMILES string of the molecule is Cc1ccc(S(=O)(=O)NC2CCN(C(=O)c3cccc(F)c3)CC2)cc1C. The number of aryl methyl sites for hydroxylation is 2. The highest BCUT2D eigenvalue weighted by molar-refractivity contribution is 7.89. The number of nitrogens with zero attached hydrogens (tertiary/aromatic N) is 1. The van der Waals surface area contributed by atoms with Crippen molar-refractivity contribution in [2.45, 2.75) is 37.6 Å². The third kappa shape index (κ3) is 4.54. The van der Waals surface area contributed by atoms with Crippen LogP contribution in [-0.4, -0.2) is 38.4 Å². The predicted octanol–water partition coefficient (Wildman–Crippen LogP) is 3.03. The number of piperidine rings is 1. The van der Waals surface area contributed by atoms with Crippen LogP contribution < -0.4 is 4.72 Å². The van der Waals surface area contributed by atoms with Gasteiger partial charge in [-0.05, 0) is 68.1 Å². The van der Waals surface area contributed by atoms with E-state index in [9.17, 15) is 17.6 Å². The highest BCUT2D eigenvalue weighted by Crippen LogP contribution is 2.19. The third-order valence-electron chi connectivity index (χ3n) is 4.96. The molecule has 0 saturated carbocycles. The zero-order valence-electron chi connectivity index (χ0n) is 15.4. The molecule has 1 N–H and O–H groups in total. The van der Waals surface area contributed by atoms with Gasteiger partial charge in [0.15, 0.2) is 0 Å². The number of nitrogens with one attached hydrogen (secondary N) is 1. The van der Waals surface area contributed by atoms with Crippen LogP contribution in [0.5, 0.6) is 0 Å². The predicted molar refractivity (Wildman–Crippen MR) is 102 cm³/mol. The van der Waals surface area contributed by atoms with Gasteiger partial charge >= 0.3 is 0 Å². The number of hydrogen-bond acceptors (Lipinski definition) is 3. The summed E-state index contributed by atoms with van der Waals surface area (Å²) in [5.74, 6) is -0.679. The Morgan fingerprint density at radius 1 is 1.07 bits per heavy atom. The second-order valence-electron chi connectivity index (χ2n) is 6.94. The maximum absolute atomic E-state index is 13.3. The van der Waals surface area contributed by atoms with Gasteiger partial charge in [-0.25, -0.2) is 17.5 Å². The fraction of sp³-hybridized carbons (Fsp3) is 0.350. The van der Waals surface area contributed by atoms with Gasteiger partial charge in [0, 0.05) is 24.7 Å². The zero-order chi connectivity index (χ0) is 19.6. The molecule has 144 valence electrons. The molecular weight excluding hydrogens is 367 g/mol. The van der Waals surface area contributed by atoms with Crippen LogP contribution >= 0.6 is 0 Å². The van der Waals surface area contributed by atoms with E-state index < -0.39 is 15.8 Å². The van der Waals surface area contributed by atoms with Crippen LogP contribution in [0.25, 0.3) is 0 Å². The van der Waals surface area contributed by atoms with Crippen LogP contribution in [0.4, 0.5) is 4.39 Å². The summed E-state index contributed by atoms with van der Waals surface area (Å²) in [7, 11) is -3.60. The van der Waals surface area contributed by atoms with Crippen molar-refractivity contribution >= 4 is 15.9 Å². The van der Waals surface area contributed by atoms with Crippen molar-refractivity contribution in [3.8, 4) is 0 Å². The molecule has 0 spiro atoms. The second-order valence-corrected chi connectivity index (χ2v) is 8.66. The van der Waals surface area contributed by atoms with E-state index in [1.165, 1.54) is 18.2 Å². The van der Waals surface area contributed by atoms with Crippen molar-refractivity contribution in [2.75, 3.05) is 13.1 Å². The molecule has 5 nitrogen and oxygen atoms in total. The summed E-state index contributed by atoms with van der Waals surface area (Å²) >= 11 is 0. The molecule has 1 aliphatic rings. The van der Waals surface area contributed by atoms with Gasteiger partial charge in [0.1, 0.15) is 5.82 Å². The first-order valence-corrected chi connectivity index (χ1v) is 10.4. The van der Waals surface area contributed by atoms with Gasteiger partial charge < -0.3 is 4.90 Å². The third-order valence-corrected chi connectivity index (χ3v) is 6.48. The number of amides is 1. The van der Waals surface area contributed by atoms with Crippen molar-refractivity contribution in [3.05, 3.63) is 65.0 Å². The Bertz CT molecular complexity index is 951. The molecule has 0 unspecified atom stereocenters. The molecule has 1 heterocycles. The molecule has 27 heavy (non-hydrogen) atoms. The summed E-state index contributed by atoms with van der Waals surface area (Å²) in [6, 6.07) is 10.4. The summed E-state index contributed by atoms with van der Waals surface area (Å²) in [4.78, 5) is 14.3. The number of rotatable bonds is 4. The number of sulfonamides is 1. The minimum Gasteiger partial charge on any atom is -0.339 e. The minimum absolute atomic E-state index is 0.229. The standard InChI is InChI=1S/C20H23FN2O3S/c1-14-6-7-19(12-15(14)2)27(25,26)22-18-8-10-23(11-9-18)20(24)16-4-3-5-17(21)13-16/h3-7,12-13,18,22H,8-11H2,1-2H3. The largest absolute Gasteiger partial charge is 0.339 e. The second kappa shape index (κ2) is 7.78. The Morgan fingerprint density at radius 3 is 2.41 bits per heavy atom. The van der Waals surface area contributed by atoms with Crippen LogP contribution in [0.15, 0.2) is 47.4 Å². The summed E-state index contributed by atoms with van der Waals surface area (Å²) in [6.07, 6.45) is 1.04. The smallest absolute Gasteiger partial charge is 0.253 e. The van der Waals surface area contributed by atoms with Gasteiger partial charge in [-0.1, -0.05) is 12.1 Å². The van der Waals surface area contributed by atoms with Crippen molar-refractivity contribution in [3.63, 3.8) is 0 Å². The molecule has 0 bridgehead atoms.